The first-order valence-corrected chi connectivity index (χ1v) is 7.11. The van der Waals surface area contributed by atoms with Gasteiger partial charge in [0.25, 0.3) is 0 Å². The zero-order valence-electron chi connectivity index (χ0n) is 10.5. The molecule has 0 bridgehead atoms. The van der Waals surface area contributed by atoms with Crippen molar-refractivity contribution in [3.63, 3.8) is 0 Å². The molecule has 0 atom stereocenters. The Kier molecular flexibility index (Phi) is 4.16. The van der Waals surface area contributed by atoms with Crippen LogP contribution in [0, 0.1) is 5.41 Å². The lowest BCUT2D eigenvalue weighted by Crippen LogP contribution is -2.43. The number of carbonyl (C=O) groups excluding carboxylic acids is 1. The van der Waals surface area contributed by atoms with E-state index >= 15 is 0 Å². The van der Waals surface area contributed by atoms with Gasteiger partial charge in [-0.25, -0.2) is 9.78 Å². The Bertz CT molecular complexity index is 480. The second kappa shape index (κ2) is 5.66. The van der Waals surface area contributed by atoms with Crippen molar-refractivity contribution in [3.8, 4) is 0 Å². The molecule has 6 nitrogen and oxygen atoms in total. The maximum Gasteiger partial charge on any atom is 0.355 e. The van der Waals surface area contributed by atoms with Crippen molar-refractivity contribution >= 4 is 23.2 Å². The molecule has 7 heteroatoms. The predicted octanol–water partition coefficient (Wildman–Crippen LogP) is 0.977. The molecule has 1 aromatic heterocycles. The number of hydrogen-bond acceptors (Lipinski definition) is 5. The molecule has 0 spiro atoms. The van der Waals surface area contributed by atoms with E-state index < -0.39 is 11.4 Å². The number of nitrogens with one attached hydrogen (secondary N) is 1. The van der Waals surface area contributed by atoms with Crippen LogP contribution in [0.1, 0.15) is 41.2 Å². The van der Waals surface area contributed by atoms with E-state index in [1.807, 2.05) is 0 Å². The lowest BCUT2D eigenvalue weighted by Gasteiger charge is -2.25. The number of amides is 1. The van der Waals surface area contributed by atoms with E-state index in [4.69, 9.17) is 10.8 Å². The lowest BCUT2D eigenvalue weighted by molar-refractivity contribution is -0.130. The number of aromatic nitrogens is 1. The van der Waals surface area contributed by atoms with Gasteiger partial charge in [0, 0.05) is 11.9 Å². The Morgan fingerprint density at radius 1 is 1.47 bits per heavy atom. The first-order chi connectivity index (χ1) is 9.07. The van der Waals surface area contributed by atoms with Crippen molar-refractivity contribution < 1.29 is 14.7 Å². The highest BCUT2D eigenvalue weighted by atomic mass is 32.1. The van der Waals surface area contributed by atoms with E-state index in [1.54, 1.807) is 0 Å². The summed E-state index contributed by atoms with van der Waals surface area (Å²) in [5, 5.41) is 13.7. The number of carbonyl (C=O) groups is 2. The van der Waals surface area contributed by atoms with E-state index in [2.05, 4.69) is 10.3 Å². The number of nitrogens with zero attached hydrogens (tertiary/aromatic N) is 1. The van der Waals surface area contributed by atoms with Gasteiger partial charge in [0.15, 0.2) is 5.69 Å². The van der Waals surface area contributed by atoms with E-state index in [-0.39, 0.29) is 18.1 Å². The highest BCUT2D eigenvalue weighted by Gasteiger charge is 2.39. The Labute approximate surface area is 115 Å². The smallest absolute Gasteiger partial charge is 0.355 e. The van der Waals surface area contributed by atoms with Gasteiger partial charge in [0.05, 0.1) is 12.0 Å². The van der Waals surface area contributed by atoms with Crippen LogP contribution < -0.4 is 11.1 Å². The maximum atomic E-state index is 12.2. The second-order valence-corrected chi connectivity index (χ2v) is 5.75. The Morgan fingerprint density at radius 3 is 2.68 bits per heavy atom. The first kappa shape index (κ1) is 14.0. The van der Waals surface area contributed by atoms with Crippen LogP contribution in [0.3, 0.4) is 0 Å². The summed E-state index contributed by atoms with van der Waals surface area (Å²) in [6.45, 7) is 0.621. The molecule has 1 aliphatic carbocycles. The minimum atomic E-state index is -1.05. The largest absolute Gasteiger partial charge is 0.476 e. The molecular weight excluding hydrogens is 266 g/mol. The quantitative estimate of drug-likeness (QED) is 0.747. The number of nitrogens with two attached hydrogens (primary N) is 1. The molecule has 2 rings (SSSR count). The fourth-order valence-corrected chi connectivity index (χ4v) is 3.12. The zero-order chi connectivity index (χ0) is 13.9. The number of carboxylic acids is 1. The van der Waals surface area contributed by atoms with Gasteiger partial charge in [-0.1, -0.05) is 12.8 Å². The molecule has 1 aromatic rings. The standard InChI is InChI=1S/C12H17N3O3S/c13-7-12(3-1-2-4-12)11(18)14-5-9-15-8(6-19-9)10(16)17/h6H,1-5,7,13H2,(H,14,18)(H,16,17). The van der Waals surface area contributed by atoms with E-state index in [0.29, 0.717) is 11.6 Å². The van der Waals surface area contributed by atoms with Crippen LogP contribution in [-0.4, -0.2) is 28.5 Å². The SMILES string of the molecule is NCC1(C(=O)NCc2nc(C(=O)O)cs2)CCCC1. The van der Waals surface area contributed by atoms with Gasteiger partial charge in [-0.05, 0) is 12.8 Å². The fourth-order valence-electron chi connectivity index (χ4n) is 2.41. The highest BCUT2D eigenvalue weighted by molar-refractivity contribution is 7.09. The molecule has 104 valence electrons. The van der Waals surface area contributed by atoms with Crippen molar-refractivity contribution in [1.29, 1.82) is 0 Å². The van der Waals surface area contributed by atoms with Crippen LogP contribution in [0.2, 0.25) is 0 Å². The van der Waals surface area contributed by atoms with Crippen LogP contribution >= 0.6 is 11.3 Å². The molecule has 0 unspecified atom stereocenters. The highest BCUT2D eigenvalue weighted by Crippen LogP contribution is 2.37. The summed E-state index contributed by atoms with van der Waals surface area (Å²) in [6, 6.07) is 0. The molecule has 1 fully saturated rings. The van der Waals surface area contributed by atoms with Crippen molar-refractivity contribution in [1.82, 2.24) is 10.3 Å². The Morgan fingerprint density at radius 2 is 2.16 bits per heavy atom. The molecule has 0 aromatic carbocycles. The molecular formula is C12H17N3O3S. The van der Waals surface area contributed by atoms with Crippen LogP contribution in [0.5, 0.6) is 0 Å². The van der Waals surface area contributed by atoms with Crippen LogP contribution in [0.15, 0.2) is 5.38 Å². The van der Waals surface area contributed by atoms with Gasteiger partial charge in [0.1, 0.15) is 5.01 Å². The maximum absolute atomic E-state index is 12.2. The molecule has 1 amide bonds. The average molecular weight is 283 g/mol. The summed E-state index contributed by atoms with van der Waals surface area (Å²) < 4.78 is 0. The van der Waals surface area contributed by atoms with Crippen molar-refractivity contribution in [3.05, 3.63) is 16.1 Å². The summed E-state index contributed by atoms with van der Waals surface area (Å²) in [5.41, 5.74) is 5.31. The molecule has 1 saturated carbocycles. The number of hydrogen-bond donors (Lipinski definition) is 3. The van der Waals surface area contributed by atoms with Gasteiger partial charge >= 0.3 is 5.97 Å². The summed E-state index contributed by atoms with van der Waals surface area (Å²) >= 11 is 1.23. The van der Waals surface area contributed by atoms with Gasteiger partial charge in [-0.2, -0.15) is 0 Å². The topological polar surface area (TPSA) is 105 Å². The molecule has 0 saturated heterocycles. The summed E-state index contributed by atoms with van der Waals surface area (Å²) in [5.74, 6) is -1.09. The molecule has 19 heavy (non-hydrogen) atoms. The third kappa shape index (κ3) is 2.93. The van der Waals surface area contributed by atoms with Crippen molar-refractivity contribution in [2.75, 3.05) is 6.54 Å². The van der Waals surface area contributed by atoms with E-state index in [1.165, 1.54) is 16.7 Å². The normalized spacial score (nSPS) is 17.3. The average Bonchev–Trinajstić information content (AvgIpc) is 3.05. The minimum Gasteiger partial charge on any atom is -0.476 e. The summed E-state index contributed by atoms with van der Waals surface area (Å²) in [4.78, 5) is 26.8. The molecule has 1 heterocycles. The third-order valence-electron chi connectivity index (χ3n) is 3.60. The van der Waals surface area contributed by atoms with Gasteiger partial charge in [-0.15, -0.1) is 11.3 Å². The van der Waals surface area contributed by atoms with Gasteiger partial charge in [0.2, 0.25) is 5.91 Å². The summed E-state index contributed by atoms with van der Waals surface area (Å²) in [7, 11) is 0. The molecule has 4 N–H and O–H groups in total. The van der Waals surface area contributed by atoms with Crippen molar-refractivity contribution in [2.24, 2.45) is 11.1 Å². The van der Waals surface area contributed by atoms with E-state index in [9.17, 15) is 9.59 Å². The number of carboxylic acid groups (broad SMARTS) is 1. The molecule has 1 aliphatic rings. The van der Waals surface area contributed by atoms with Crippen molar-refractivity contribution in [2.45, 2.75) is 32.2 Å². The number of thiazole rings is 1. The Hall–Kier alpha value is -1.47. The van der Waals surface area contributed by atoms with Crippen LogP contribution in [0.4, 0.5) is 0 Å². The van der Waals surface area contributed by atoms with Gasteiger partial charge < -0.3 is 16.2 Å². The predicted molar refractivity (Wildman–Crippen MR) is 70.9 cm³/mol. The Balaban J connectivity index is 1.94. The van der Waals surface area contributed by atoms with Crippen LogP contribution in [-0.2, 0) is 11.3 Å². The monoisotopic (exact) mass is 283 g/mol. The number of aromatic carboxylic acids is 1. The second-order valence-electron chi connectivity index (χ2n) is 4.81. The van der Waals surface area contributed by atoms with Gasteiger partial charge in [-0.3, -0.25) is 4.79 Å². The molecule has 0 radical (unpaired) electrons. The third-order valence-corrected chi connectivity index (χ3v) is 4.45. The van der Waals surface area contributed by atoms with E-state index in [0.717, 1.165) is 25.7 Å². The molecule has 0 aliphatic heterocycles. The lowest BCUT2D eigenvalue weighted by atomic mass is 9.85. The van der Waals surface area contributed by atoms with Crippen LogP contribution in [0.25, 0.3) is 0 Å². The first-order valence-electron chi connectivity index (χ1n) is 6.23. The number of rotatable bonds is 5. The summed E-state index contributed by atoms with van der Waals surface area (Å²) in [6.07, 6.45) is 3.72. The minimum absolute atomic E-state index is 0.0173. The zero-order valence-corrected chi connectivity index (χ0v) is 11.3. The fraction of sp³-hybridized carbons (Fsp3) is 0.583.